The largest absolute Gasteiger partial charge is 0.382 e. The molecule has 1 aliphatic carbocycles. The number of nitrogen functional groups attached to an aromatic ring is 1. The van der Waals surface area contributed by atoms with Crippen LogP contribution in [0.5, 0.6) is 0 Å². The van der Waals surface area contributed by atoms with E-state index in [1.54, 1.807) is 27.9 Å². The van der Waals surface area contributed by atoms with Crippen LogP contribution in [0.15, 0.2) is 42.9 Å². The summed E-state index contributed by atoms with van der Waals surface area (Å²) in [6.45, 7) is 2.23. The van der Waals surface area contributed by atoms with E-state index in [0.717, 1.165) is 11.1 Å². The van der Waals surface area contributed by atoms with Gasteiger partial charge in [-0.05, 0) is 36.2 Å². The van der Waals surface area contributed by atoms with Crippen molar-refractivity contribution in [3.05, 3.63) is 70.9 Å². The Labute approximate surface area is 188 Å². The summed E-state index contributed by atoms with van der Waals surface area (Å²) in [5, 5.41) is 9.25. The summed E-state index contributed by atoms with van der Waals surface area (Å²) in [7, 11) is 0. The smallest absolute Gasteiger partial charge is 0.257 e. The van der Waals surface area contributed by atoms with Gasteiger partial charge >= 0.3 is 0 Å². The molecule has 8 nitrogen and oxygen atoms in total. The number of rotatable bonds is 1. The second-order valence-electron chi connectivity index (χ2n) is 8.58. The Hall–Kier alpha value is -4.03. The number of nitrogens with two attached hydrogens (primary N) is 1. The first-order chi connectivity index (χ1) is 15.9. The molecule has 33 heavy (non-hydrogen) atoms. The second-order valence-corrected chi connectivity index (χ2v) is 8.58. The maximum atomic E-state index is 15.2. The molecule has 3 atom stereocenters. The zero-order valence-corrected chi connectivity index (χ0v) is 17.7. The maximum absolute atomic E-state index is 15.2. The first kappa shape index (κ1) is 19.6. The lowest BCUT2D eigenvalue weighted by Crippen LogP contribution is -2.50. The molecule has 2 N–H and O–H groups in total. The summed E-state index contributed by atoms with van der Waals surface area (Å²) in [4.78, 5) is 23.8. The Morgan fingerprint density at radius 2 is 2.15 bits per heavy atom. The van der Waals surface area contributed by atoms with Gasteiger partial charge in [-0.3, -0.25) is 9.20 Å². The molecule has 2 aromatic heterocycles. The van der Waals surface area contributed by atoms with E-state index in [9.17, 15) is 10.1 Å². The minimum atomic E-state index is -0.660. The first-order valence-electron chi connectivity index (χ1n) is 10.6. The Bertz CT molecular complexity index is 1510. The van der Waals surface area contributed by atoms with Crippen LogP contribution in [0, 0.1) is 17.1 Å². The Balaban J connectivity index is 1.47. The molecule has 0 radical (unpaired) electrons. The number of nitrogens with zero attached hydrogens (tertiary/aromatic N) is 5. The summed E-state index contributed by atoms with van der Waals surface area (Å²) >= 11 is 0. The van der Waals surface area contributed by atoms with Crippen LogP contribution in [0.1, 0.15) is 40.0 Å². The van der Waals surface area contributed by atoms with Crippen molar-refractivity contribution in [2.45, 2.75) is 31.6 Å². The topological polar surface area (TPSA) is 110 Å². The van der Waals surface area contributed by atoms with Crippen molar-refractivity contribution in [2.75, 3.05) is 12.3 Å². The molecular formula is C24H19FN6O2. The van der Waals surface area contributed by atoms with Gasteiger partial charge in [0.1, 0.15) is 17.2 Å². The number of amides is 1. The molecule has 6 rings (SSSR count). The molecule has 4 aromatic rings. The number of fused-ring (bicyclic) bond motifs is 6. The minimum Gasteiger partial charge on any atom is -0.382 e. The number of morpholine rings is 1. The van der Waals surface area contributed by atoms with Gasteiger partial charge in [-0.25, -0.2) is 14.4 Å². The number of hydrogen-bond acceptors (Lipinski definition) is 6. The Kier molecular flexibility index (Phi) is 4.16. The summed E-state index contributed by atoms with van der Waals surface area (Å²) in [6, 6.07) is 10.0. The molecule has 1 amide bonds. The van der Waals surface area contributed by atoms with E-state index in [4.69, 9.17) is 10.5 Å². The van der Waals surface area contributed by atoms with Crippen LogP contribution < -0.4 is 5.73 Å². The number of ether oxygens (including phenoxy) is 1. The molecule has 1 saturated heterocycles. The Morgan fingerprint density at radius 1 is 1.30 bits per heavy atom. The quantitative estimate of drug-likeness (QED) is 0.485. The number of halogens is 1. The maximum Gasteiger partial charge on any atom is 0.257 e. The van der Waals surface area contributed by atoms with Gasteiger partial charge in [0.05, 0.1) is 59.0 Å². The van der Waals surface area contributed by atoms with E-state index >= 15 is 4.39 Å². The van der Waals surface area contributed by atoms with Gasteiger partial charge in [0.15, 0.2) is 0 Å². The van der Waals surface area contributed by atoms with Crippen LogP contribution in [0.25, 0.3) is 16.6 Å². The van der Waals surface area contributed by atoms with Crippen molar-refractivity contribution in [3.8, 4) is 6.07 Å². The molecule has 1 aliphatic heterocycles. The van der Waals surface area contributed by atoms with Gasteiger partial charge in [-0.15, -0.1) is 0 Å². The highest BCUT2D eigenvalue weighted by atomic mass is 19.1. The lowest BCUT2D eigenvalue weighted by molar-refractivity contribution is -0.0938. The first-order valence-corrected chi connectivity index (χ1v) is 10.6. The van der Waals surface area contributed by atoms with E-state index in [1.165, 1.54) is 12.1 Å². The molecule has 2 aromatic carbocycles. The summed E-state index contributed by atoms with van der Waals surface area (Å²) < 4.78 is 23.0. The highest BCUT2D eigenvalue weighted by Crippen LogP contribution is 2.42. The highest BCUT2D eigenvalue weighted by Gasteiger charge is 2.44. The molecule has 3 heterocycles. The monoisotopic (exact) mass is 442 g/mol. The van der Waals surface area contributed by atoms with Crippen LogP contribution in [0.2, 0.25) is 0 Å². The van der Waals surface area contributed by atoms with Crippen molar-refractivity contribution in [1.29, 1.82) is 5.26 Å². The predicted octanol–water partition coefficient (Wildman–Crippen LogP) is 3.00. The van der Waals surface area contributed by atoms with Crippen molar-refractivity contribution >= 4 is 28.3 Å². The normalized spacial score (nSPS) is 21.7. The number of aromatic nitrogens is 3. The average molecular weight is 442 g/mol. The number of anilines is 1. The number of imidazole rings is 1. The molecule has 0 unspecified atom stereocenters. The van der Waals surface area contributed by atoms with Crippen molar-refractivity contribution in [3.63, 3.8) is 0 Å². The fraction of sp³-hybridized carbons (Fsp3) is 0.250. The van der Waals surface area contributed by atoms with Crippen molar-refractivity contribution in [2.24, 2.45) is 0 Å². The van der Waals surface area contributed by atoms with E-state index in [0.29, 0.717) is 35.1 Å². The van der Waals surface area contributed by atoms with Crippen molar-refractivity contribution < 1.29 is 13.9 Å². The zero-order valence-electron chi connectivity index (χ0n) is 17.7. The molecule has 1 fully saturated rings. The van der Waals surface area contributed by atoms with Crippen LogP contribution in [0.3, 0.4) is 0 Å². The van der Waals surface area contributed by atoms with E-state index in [1.807, 2.05) is 19.1 Å². The fourth-order valence-corrected chi connectivity index (χ4v) is 5.12. The molecule has 0 spiro atoms. The second kappa shape index (κ2) is 6.98. The van der Waals surface area contributed by atoms with E-state index in [-0.39, 0.29) is 29.6 Å². The van der Waals surface area contributed by atoms with Gasteiger partial charge in [-0.2, -0.15) is 5.26 Å². The lowest BCUT2D eigenvalue weighted by atomic mass is 10.0. The van der Waals surface area contributed by atoms with E-state index < -0.39 is 11.7 Å². The number of benzene rings is 2. The zero-order chi connectivity index (χ0) is 22.9. The molecule has 2 aliphatic rings. The predicted molar refractivity (Wildman–Crippen MR) is 118 cm³/mol. The lowest BCUT2D eigenvalue weighted by Gasteiger charge is -2.41. The molecule has 164 valence electrons. The van der Waals surface area contributed by atoms with Gasteiger partial charge in [0.25, 0.3) is 5.91 Å². The number of hydrogen-bond donors (Lipinski definition) is 1. The summed E-state index contributed by atoms with van der Waals surface area (Å²) in [5.41, 5.74) is 9.89. The Morgan fingerprint density at radius 3 is 2.97 bits per heavy atom. The number of carbonyl (C=O) groups is 1. The standard InChI is InChI=1S/C24H19FN6O2/c1-12-10-30(22-15-3-2-13(8-26)4-14(15)5-21(22)33-12)24(32)16-6-19-18(7-17(16)25)29-23(27)20-9-28-11-31(19)20/h2-4,6-7,9,11-12,21-22H,5,10H2,1H3,(H2,27,29)/t12-,21+,22-/m0/s1. The third kappa shape index (κ3) is 2.88. The average Bonchev–Trinajstić information content (AvgIpc) is 3.42. The summed E-state index contributed by atoms with van der Waals surface area (Å²) in [5.74, 6) is -0.836. The van der Waals surface area contributed by atoms with Gasteiger partial charge < -0.3 is 15.4 Å². The van der Waals surface area contributed by atoms with Crippen LogP contribution >= 0.6 is 0 Å². The summed E-state index contributed by atoms with van der Waals surface area (Å²) in [6.07, 6.45) is 3.29. The van der Waals surface area contributed by atoms with Gasteiger partial charge in [0.2, 0.25) is 0 Å². The number of nitriles is 1. The van der Waals surface area contributed by atoms with Gasteiger partial charge in [-0.1, -0.05) is 6.07 Å². The van der Waals surface area contributed by atoms with E-state index in [2.05, 4.69) is 16.0 Å². The third-order valence-corrected chi connectivity index (χ3v) is 6.52. The molecule has 0 bridgehead atoms. The molecular weight excluding hydrogens is 423 g/mol. The molecule has 0 saturated carbocycles. The third-order valence-electron chi connectivity index (χ3n) is 6.52. The SMILES string of the molecule is C[C@H]1CN(C(=O)c2cc3c(cc2F)nc(N)c2cncn23)[C@H]2c3ccc(C#N)cc3C[C@H]2O1. The highest BCUT2D eigenvalue weighted by molar-refractivity contribution is 5.99. The fourth-order valence-electron chi connectivity index (χ4n) is 5.12. The minimum absolute atomic E-state index is 0.0426. The van der Waals surface area contributed by atoms with Crippen LogP contribution in [-0.4, -0.2) is 43.9 Å². The number of carbonyl (C=O) groups excluding carboxylic acids is 1. The van der Waals surface area contributed by atoms with Crippen LogP contribution in [0.4, 0.5) is 10.2 Å². The van der Waals surface area contributed by atoms with Crippen molar-refractivity contribution in [1.82, 2.24) is 19.3 Å². The molecule has 9 heteroatoms. The van der Waals surface area contributed by atoms with Gasteiger partial charge in [0, 0.05) is 19.0 Å². The van der Waals surface area contributed by atoms with Crippen LogP contribution in [-0.2, 0) is 11.2 Å².